The number of fused-ring (bicyclic) bond motifs is 1. The van der Waals surface area contributed by atoms with Crippen molar-refractivity contribution in [3.8, 4) is 0 Å². The molecule has 0 aliphatic carbocycles. The van der Waals surface area contributed by atoms with Gasteiger partial charge in [-0.2, -0.15) is 0 Å². The molecule has 0 fully saturated rings. The van der Waals surface area contributed by atoms with Crippen molar-refractivity contribution >= 4 is 38.6 Å². The SMILES string of the molecule is Cc1ccc(C(Br)c2ccc3c(c2)oc(=O)n3C)c(Cl)c1. The number of aromatic nitrogens is 1. The second-order valence-electron chi connectivity index (χ2n) is 5.04. The summed E-state index contributed by atoms with van der Waals surface area (Å²) in [5, 5.41) is 0.714. The van der Waals surface area contributed by atoms with Crippen LogP contribution in [0.1, 0.15) is 21.5 Å². The number of aryl methyl sites for hydroxylation is 2. The molecule has 0 radical (unpaired) electrons. The monoisotopic (exact) mass is 365 g/mol. The molecule has 21 heavy (non-hydrogen) atoms. The van der Waals surface area contributed by atoms with Crippen LogP contribution in [0.15, 0.2) is 45.6 Å². The zero-order chi connectivity index (χ0) is 15.1. The van der Waals surface area contributed by atoms with Crippen LogP contribution in [0.25, 0.3) is 11.1 Å². The number of alkyl halides is 1. The van der Waals surface area contributed by atoms with Crippen LogP contribution in [-0.4, -0.2) is 4.57 Å². The molecule has 0 N–H and O–H groups in total. The summed E-state index contributed by atoms with van der Waals surface area (Å²) in [6, 6.07) is 11.7. The first-order chi connectivity index (χ1) is 9.97. The van der Waals surface area contributed by atoms with Crippen LogP contribution in [0, 0.1) is 6.92 Å². The minimum atomic E-state index is -0.360. The van der Waals surface area contributed by atoms with Gasteiger partial charge < -0.3 is 4.42 Å². The fraction of sp³-hybridized carbons (Fsp3) is 0.188. The van der Waals surface area contributed by atoms with E-state index in [4.69, 9.17) is 16.0 Å². The van der Waals surface area contributed by atoms with Crippen molar-refractivity contribution in [3.63, 3.8) is 0 Å². The van der Waals surface area contributed by atoms with Gasteiger partial charge >= 0.3 is 5.76 Å². The first-order valence-electron chi connectivity index (χ1n) is 6.47. The van der Waals surface area contributed by atoms with Crippen LogP contribution < -0.4 is 5.76 Å². The van der Waals surface area contributed by atoms with Gasteiger partial charge in [0.2, 0.25) is 0 Å². The lowest BCUT2D eigenvalue weighted by Gasteiger charge is -2.13. The Labute approximate surface area is 135 Å². The molecule has 3 nitrogen and oxygen atoms in total. The van der Waals surface area contributed by atoms with Gasteiger partial charge in [-0.3, -0.25) is 4.57 Å². The summed E-state index contributed by atoms with van der Waals surface area (Å²) in [6.07, 6.45) is 0. The Morgan fingerprint density at radius 1 is 1.24 bits per heavy atom. The third-order valence-corrected chi connectivity index (χ3v) is 4.89. The molecule has 0 amide bonds. The summed E-state index contributed by atoms with van der Waals surface area (Å²) < 4.78 is 6.72. The highest BCUT2D eigenvalue weighted by Gasteiger charge is 2.16. The largest absolute Gasteiger partial charge is 0.419 e. The second-order valence-corrected chi connectivity index (χ2v) is 6.36. The molecule has 108 valence electrons. The molecular weight excluding hydrogens is 354 g/mol. The fourth-order valence-electron chi connectivity index (χ4n) is 2.33. The quantitative estimate of drug-likeness (QED) is 0.622. The lowest BCUT2D eigenvalue weighted by Crippen LogP contribution is -2.08. The normalized spacial score (nSPS) is 12.8. The van der Waals surface area contributed by atoms with Crippen molar-refractivity contribution in [1.82, 2.24) is 4.57 Å². The predicted octanol–water partition coefficient (Wildman–Crippen LogP) is 4.58. The van der Waals surface area contributed by atoms with E-state index >= 15 is 0 Å². The average Bonchev–Trinajstić information content (AvgIpc) is 2.73. The van der Waals surface area contributed by atoms with E-state index in [0.717, 1.165) is 22.2 Å². The molecule has 1 unspecified atom stereocenters. The Balaban J connectivity index is 2.09. The van der Waals surface area contributed by atoms with Gasteiger partial charge in [-0.15, -0.1) is 0 Å². The Kier molecular flexibility index (Phi) is 3.68. The summed E-state index contributed by atoms with van der Waals surface area (Å²) in [7, 11) is 1.69. The van der Waals surface area contributed by atoms with Crippen LogP contribution >= 0.6 is 27.5 Å². The molecule has 1 heterocycles. The first-order valence-corrected chi connectivity index (χ1v) is 7.76. The molecule has 3 aromatic rings. The Bertz CT molecular complexity index is 882. The average molecular weight is 367 g/mol. The van der Waals surface area contributed by atoms with Crippen LogP contribution in [0.4, 0.5) is 0 Å². The topological polar surface area (TPSA) is 35.1 Å². The van der Waals surface area contributed by atoms with E-state index in [1.807, 2.05) is 43.3 Å². The molecule has 0 aliphatic rings. The van der Waals surface area contributed by atoms with Crippen molar-refractivity contribution in [1.29, 1.82) is 0 Å². The van der Waals surface area contributed by atoms with Gasteiger partial charge in [0, 0.05) is 12.1 Å². The van der Waals surface area contributed by atoms with Crippen molar-refractivity contribution < 1.29 is 4.42 Å². The number of hydrogen-bond donors (Lipinski definition) is 0. The second kappa shape index (κ2) is 5.35. The van der Waals surface area contributed by atoms with E-state index in [1.54, 1.807) is 7.05 Å². The molecule has 0 aliphatic heterocycles. The lowest BCUT2D eigenvalue weighted by atomic mass is 10.0. The van der Waals surface area contributed by atoms with Crippen LogP contribution in [0.3, 0.4) is 0 Å². The van der Waals surface area contributed by atoms with Crippen molar-refractivity contribution in [2.75, 3.05) is 0 Å². The summed E-state index contributed by atoms with van der Waals surface area (Å²) >= 11 is 9.98. The zero-order valence-corrected chi connectivity index (χ0v) is 13.9. The highest BCUT2D eigenvalue weighted by atomic mass is 79.9. The summed E-state index contributed by atoms with van der Waals surface area (Å²) in [5.74, 6) is -0.360. The summed E-state index contributed by atoms with van der Waals surface area (Å²) in [4.78, 5) is 11.5. The number of oxazole rings is 1. The van der Waals surface area contributed by atoms with E-state index < -0.39 is 0 Å². The molecule has 0 saturated carbocycles. The third kappa shape index (κ3) is 2.54. The Hall–Kier alpha value is -1.52. The van der Waals surface area contributed by atoms with E-state index in [1.165, 1.54) is 4.57 Å². The fourth-order valence-corrected chi connectivity index (χ4v) is 3.49. The highest BCUT2D eigenvalue weighted by Crippen LogP contribution is 2.36. The van der Waals surface area contributed by atoms with E-state index in [-0.39, 0.29) is 10.6 Å². The number of hydrogen-bond acceptors (Lipinski definition) is 2. The van der Waals surface area contributed by atoms with E-state index in [2.05, 4.69) is 15.9 Å². The minimum Gasteiger partial charge on any atom is -0.408 e. The third-order valence-electron chi connectivity index (χ3n) is 3.54. The van der Waals surface area contributed by atoms with Gasteiger partial charge in [0.1, 0.15) is 0 Å². The zero-order valence-electron chi connectivity index (χ0n) is 11.6. The van der Waals surface area contributed by atoms with Crippen LogP contribution in [0.5, 0.6) is 0 Å². The maximum atomic E-state index is 11.5. The minimum absolute atomic E-state index is 0.0551. The lowest BCUT2D eigenvalue weighted by molar-refractivity contribution is 0.528. The number of nitrogens with zero attached hydrogens (tertiary/aromatic N) is 1. The first kappa shape index (κ1) is 14.4. The molecule has 0 bridgehead atoms. The standard InChI is InChI=1S/C16H13BrClNO2/c1-9-3-5-11(12(18)7-9)15(17)10-4-6-13-14(8-10)21-16(20)19(13)2/h3-8,15H,1-2H3. The van der Waals surface area contributed by atoms with E-state index in [0.29, 0.717) is 10.6 Å². The van der Waals surface area contributed by atoms with Gasteiger partial charge in [0.05, 0.1) is 10.3 Å². The number of rotatable bonds is 2. The van der Waals surface area contributed by atoms with Crippen molar-refractivity contribution in [2.45, 2.75) is 11.8 Å². The molecule has 1 aromatic heterocycles. The van der Waals surface area contributed by atoms with Crippen molar-refractivity contribution in [2.24, 2.45) is 7.05 Å². The van der Waals surface area contributed by atoms with Gasteiger partial charge in [0.25, 0.3) is 0 Å². The molecule has 0 spiro atoms. The van der Waals surface area contributed by atoms with Gasteiger partial charge in [-0.1, -0.05) is 45.7 Å². The molecule has 3 rings (SSSR count). The van der Waals surface area contributed by atoms with Gasteiger partial charge in [-0.05, 0) is 41.8 Å². The molecule has 1 atom stereocenters. The van der Waals surface area contributed by atoms with Gasteiger partial charge in [-0.25, -0.2) is 4.79 Å². The highest BCUT2D eigenvalue weighted by molar-refractivity contribution is 9.09. The molecular formula is C16H13BrClNO2. The maximum Gasteiger partial charge on any atom is 0.419 e. The van der Waals surface area contributed by atoms with E-state index in [9.17, 15) is 4.79 Å². The summed E-state index contributed by atoms with van der Waals surface area (Å²) in [5.41, 5.74) is 4.45. The number of benzene rings is 2. The smallest absolute Gasteiger partial charge is 0.408 e. The predicted molar refractivity (Wildman–Crippen MR) is 88.4 cm³/mol. The van der Waals surface area contributed by atoms with Gasteiger partial charge in [0.15, 0.2) is 5.58 Å². The molecule has 5 heteroatoms. The maximum absolute atomic E-state index is 11.5. The van der Waals surface area contributed by atoms with Crippen LogP contribution in [-0.2, 0) is 7.05 Å². The summed E-state index contributed by atoms with van der Waals surface area (Å²) in [6.45, 7) is 2.00. The Morgan fingerprint density at radius 3 is 2.71 bits per heavy atom. The number of halogens is 2. The molecule has 0 saturated heterocycles. The Morgan fingerprint density at radius 2 is 2.00 bits per heavy atom. The van der Waals surface area contributed by atoms with Crippen molar-refractivity contribution in [3.05, 3.63) is 68.7 Å². The van der Waals surface area contributed by atoms with Crippen LogP contribution in [0.2, 0.25) is 5.02 Å². The molecule has 2 aromatic carbocycles.